The monoisotopic (exact) mass is 548 g/mol. The zero-order chi connectivity index (χ0) is 21.4. The summed E-state index contributed by atoms with van der Waals surface area (Å²) in [6, 6.07) is 10.6. The van der Waals surface area contributed by atoms with Crippen molar-refractivity contribution in [2.24, 2.45) is 34.1 Å². The SMILES string of the molecule is CCNC(=NCC1(Cc2ccccc2)CC1)NCCN1C(=O)C2C3C=CC(C3)C2C1=O.I. The first-order valence-electron chi connectivity index (χ1n) is 11.7. The van der Waals surface area contributed by atoms with Crippen LogP contribution < -0.4 is 10.6 Å². The minimum absolute atomic E-state index is 0. The summed E-state index contributed by atoms with van der Waals surface area (Å²) >= 11 is 0. The van der Waals surface area contributed by atoms with Crippen molar-refractivity contribution in [3.8, 4) is 0 Å². The number of imide groups is 1. The van der Waals surface area contributed by atoms with E-state index in [1.165, 1.54) is 23.3 Å². The van der Waals surface area contributed by atoms with Crippen LogP contribution in [0.5, 0.6) is 0 Å². The minimum Gasteiger partial charge on any atom is -0.357 e. The topological polar surface area (TPSA) is 73.8 Å². The molecule has 1 aromatic carbocycles. The molecule has 7 heteroatoms. The van der Waals surface area contributed by atoms with Gasteiger partial charge in [-0.15, -0.1) is 24.0 Å². The van der Waals surface area contributed by atoms with Gasteiger partial charge in [0.1, 0.15) is 0 Å². The quantitative estimate of drug-likeness (QED) is 0.172. The van der Waals surface area contributed by atoms with Crippen molar-refractivity contribution in [3.63, 3.8) is 0 Å². The van der Waals surface area contributed by atoms with Crippen molar-refractivity contribution >= 4 is 41.8 Å². The van der Waals surface area contributed by atoms with Gasteiger partial charge < -0.3 is 10.6 Å². The fourth-order valence-electron chi connectivity index (χ4n) is 5.66. The van der Waals surface area contributed by atoms with Gasteiger partial charge in [-0.25, -0.2) is 0 Å². The van der Waals surface area contributed by atoms with Crippen molar-refractivity contribution in [1.29, 1.82) is 0 Å². The number of rotatable bonds is 8. The highest BCUT2D eigenvalue weighted by Gasteiger charge is 2.58. The maximum absolute atomic E-state index is 12.8. The lowest BCUT2D eigenvalue weighted by Crippen LogP contribution is -2.44. The molecule has 2 amide bonds. The van der Waals surface area contributed by atoms with E-state index in [9.17, 15) is 9.59 Å². The predicted molar refractivity (Wildman–Crippen MR) is 136 cm³/mol. The maximum atomic E-state index is 12.8. The Morgan fingerprint density at radius 1 is 1.06 bits per heavy atom. The van der Waals surface area contributed by atoms with Gasteiger partial charge in [-0.05, 0) is 55.4 Å². The molecule has 2 saturated carbocycles. The number of allylic oxidation sites excluding steroid dienone is 2. The molecule has 172 valence electrons. The molecule has 4 aliphatic rings. The Morgan fingerprint density at radius 3 is 2.31 bits per heavy atom. The van der Waals surface area contributed by atoms with Gasteiger partial charge in [-0.2, -0.15) is 0 Å². The second-order valence-electron chi connectivity index (χ2n) is 9.61. The number of halogens is 1. The van der Waals surface area contributed by atoms with Crippen LogP contribution in [0.25, 0.3) is 0 Å². The predicted octanol–water partition coefficient (Wildman–Crippen LogP) is 2.99. The van der Waals surface area contributed by atoms with Crippen LogP contribution in [0.3, 0.4) is 0 Å². The number of benzene rings is 1. The van der Waals surface area contributed by atoms with E-state index >= 15 is 0 Å². The van der Waals surface area contributed by atoms with Gasteiger partial charge in [0.05, 0.1) is 11.8 Å². The van der Waals surface area contributed by atoms with E-state index in [-0.39, 0.29) is 64.9 Å². The molecule has 1 aliphatic heterocycles. The van der Waals surface area contributed by atoms with Crippen LogP contribution in [0.4, 0.5) is 0 Å². The van der Waals surface area contributed by atoms with E-state index in [0.29, 0.717) is 13.1 Å². The van der Waals surface area contributed by atoms with Gasteiger partial charge in [-0.1, -0.05) is 42.5 Å². The zero-order valence-corrected chi connectivity index (χ0v) is 21.0. The van der Waals surface area contributed by atoms with E-state index in [1.54, 1.807) is 0 Å². The Bertz CT molecular complexity index is 882. The van der Waals surface area contributed by atoms with Crippen LogP contribution in [-0.2, 0) is 16.0 Å². The number of nitrogens with zero attached hydrogens (tertiary/aromatic N) is 2. The van der Waals surface area contributed by atoms with Crippen molar-refractivity contribution in [3.05, 3.63) is 48.0 Å². The molecule has 4 atom stereocenters. The van der Waals surface area contributed by atoms with Crippen molar-refractivity contribution < 1.29 is 9.59 Å². The van der Waals surface area contributed by atoms with E-state index in [4.69, 9.17) is 4.99 Å². The summed E-state index contributed by atoms with van der Waals surface area (Å²) in [6.07, 6.45) is 8.73. The second kappa shape index (κ2) is 9.53. The molecule has 2 N–H and O–H groups in total. The molecule has 6 nitrogen and oxygen atoms in total. The Hall–Kier alpha value is -1.90. The van der Waals surface area contributed by atoms with Gasteiger partial charge in [0.15, 0.2) is 5.96 Å². The van der Waals surface area contributed by atoms with Gasteiger partial charge in [0.25, 0.3) is 0 Å². The highest BCUT2D eigenvalue weighted by atomic mass is 127. The molecular formula is C25H33IN4O2. The van der Waals surface area contributed by atoms with Crippen molar-refractivity contribution in [2.45, 2.75) is 32.6 Å². The lowest BCUT2D eigenvalue weighted by molar-refractivity contribution is -0.140. The standard InChI is InChI=1S/C25H32N4O2.HI/c1-2-26-24(28-16-25(10-11-25)15-17-6-4-3-5-7-17)27-12-13-29-22(30)20-18-8-9-19(14-18)21(20)23(29)31;/h3-9,18-21H,2,10-16H2,1H3,(H2,26,27,28);1H. The molecule has 1 heterocycles. The average Bonchev–Trinajstić information content (AvgIpc) is 3.11. The lowest BCUT2D eigenvalue weighted by Gasteiger charge is -2.19. The van der Waals surface area contributed by atoms with Crippen molar-refractivity contribution in [2.75, 3.05) is 26.2 Å². The third kappa shape index (κ3) is 4.45. The number of hydrogen-bond acceptors (Lipinski definition) is 3. The molecule has 1 aromatic rings. The van der Waals surface area contributed by atoms with Crippen LogP contribution in [-0.4, -0.2) is 48.9 Å². The molecule has 0 aromatic heterocycles. The van der Waals surface area contributed by atoms with E-state index < -0.39 is 0 Å². The fourth-order valence-corrected chi connectivity index (χ4v) is 5.66. The van der Waals surface area contributed by atoms with Crippen LogP contribution in [0.15, 0.2) is 47.5 Å². The molecule has 1 saturated heterocycles. The molecule has 0 spiro atoms. The summed E-state index contributed by atoms with van der Waals surface area (Å²) in [5.74, 6) is 1.12. The molecule has 2 bridgehead atoms. The second-order valence-corrected chi connectivity index (χ2v) is 9.61. The van der Waals surface area contributed by atoms with Gasteiger partial charge in [0, 0.05) is 26.2 Å². The van der Waals surface area contributed by atoms with Crippen LogP contribution in [0, 0.1) is 29.1 Å². The Kier molecular flexibility index (Phi) is 6.93. The van der Waals surface area contributed by atoms with Gasteiger partial charge in [0.2, 0.25) is 11.8 Å². The Labute approximate surface area is 207 Å². The zero-order valence-electron chi connectivity index (χ0n) is 18.6. The number of aliphatic imine (C=N–C) groups is 1. The number of likely N-dealkylation sites (tertiary alicyclic amines) is 1. The summed E-state index contributed by atoms with van der Waals surface area (Å²) in [5, 5.41) is 6.63. The van der Waals surface area contributed by atoms with Gasteiger partial charge in [-0.3, -0.25) is 19.5 Å². The maximum Gasteiger partial charge on any atom is 0.233 e. The summed E-state index contributed by atoms with van der Waals surface area (Å²) in [7, 11) is 0. The van der Waals surface area contributed by atoms with Crippen LogP contribution in [0.2, 0.25) is 0 Å². The number of carbonyl (C=O) groups is 2. The summed E-state index contributed by atoms with van der Waals surface area (Å²) in [4.78, 5) is 32.0. The minimum atomic E-state index is -0.114. The first-order valence-corrected chi connectivity index (χ1v) is 11.7. The fraction of sp³-hybridized carbons (Fsp3) is 0.560. The molecule has 4 unspecified atom stereocenters. The van der Waals surface area contributed by atoms with Crippen molar-refractivity contribution in [1.82, 2.24) is 15.5 Å². The summed E-state index contributed by atoms with van der Waals surface area (Å²) in [6.45, 7) is 4.54. The lowest BCUT2D eigenvalue weighted by atomic mass is 9.85. The Balaban J connectivity index is 0.00000245. The largest absolute Gasteiger partial charge is 0.357 e. The average molecular weight is 548 g/mol. The molecular weight excluding hydrogens is 515 g/mol. The van der Waals surface area contributed by atoms with Gasteiger partial charge >= 0.3 is 0 Å². The molecule has 5 rings (SSSR count). The first kappa shape index (κ1) is 23.3. The molecule has 32 heavy (non-hydrogen) atoms. The summed E-state index contributed by atoms with van der Waals surface area (Å²) in [5.41, 5.74) is 1.64. The van der Waals surface area contributed by atoms with E-state index in [1.807, 2.05) is 6.92 Å². The third-order valence-corrected chi connectivity index (χ3v) is 7.49. The number of fused-ring (bicyclic) bond motifs is 5. The first-order chi connectivity index (χ1) is 15.1. The van der Waals surface area contributed by atoms with Crippen LogP contribution >= 0.6 is 24.0 Å². The number of amides is 2. The molecule has 3 aliphatic carbocycles. The molecule has 0 radical (unpaired) electrons. The number of guanidine groups is 1. The number of carbonyl (C=O) groups excluding carboxylic acids is 2. The number of hydrogen-bond donors (Lipinski definition) is 2. The third-order valence-electron chi connectivity index (χ3n) is 7.49. The summed E-state index contributed by atoms with van der Waals surface area (Å²) < 4.78 is 0. The Morgan fingerprint density at radius 2 is 1.72 bits per heavy atom. The normalized spacial score (nSPS) is 29.2. The number of nitrogens with one attached hydrogen (secondary N) is 2. The molecule has 3 fully saturated rings. The van der Waals surface area contributed by atoms with E-state index in [0.717, 1.165) is 31.9 Å². The highest BCUT2D eigenvalue weighted by Crippen LogP contribution is 2.52. The highest BCUT2D eigenvalue weighted by molar-refractivity contribution is 14.0. The van der Waals surface area contributed by atoms with E-state index in [2.05, 4.69) is 53.1 Å². The smallest absolute Gasteiger partial charge is 0.233 e. The van der Waals surface area contributed by atoms with Crippen LogP contribution in [0.1, 0.15) is 31.7 Å².